The molecule has 110 valence electrons. The van der Waals surface area contributed by atoms with E-state index in [0.29, 0.717) is 19.4 Å². The number of hydrogen-bond acceptors (Lipinski definition) is 4. The molecule has 1 aliphatic rings. The Morgan fingerprint density at radius 3 is 2.70 bits per heavy atom. The van der Waals surface area contributed by atoms with E-state index in [9.17, 15) is 13.2 Å². The second-order valence-electron chi connectivity index (χ2n) is 5.32. The number of carbonyl (C=O) groups is 1. The molecule has 1 saturated carbocycles. The highest BCUT2D eigenvalue weighted by Gasteiger charge is 2.31. The zero-order chi connectivity index (χ0) is 14.6. The molecule has 0 aliphatic heterocycles. The third-order valence-electron chi connectivity index (χ3n) is 3.70. The minimum absolute atomic E-state index is 0.321. The molecular weight excluding hydrogens is 276 g/mol. The average Bonchev–Trinajstić information content (AvgIpc) is 2.94. The SMILES string of the molecule is CN(Cc1cccnc1)C(=O)CS(=O)(=O)C1CCCC1. The number of rotatable bonds is 5. The standard InChI is InChI=1S/C14H20N2O3S/c1-16(10-12-5-4-8-15-9-12)14(17)11-20(18,19)13-6-2-3-7-13/h4-5,8-9,13H,2-3,6-7,10-11H2,1H3. The van der Waals surface area contributed by atoms with Gasteiger partial charge in [-0.3, -0.25) is 9.78 Å². The van der Waals surface area contributed by atoms with E-state index in [1.165, 1.54) is 4.90 Å². The Hall–Kier alpha value is -1.43. The van der Waals surface area contributed by atoms with E-state index < -0.39 is 9.84 Å². The van der Waals surface area contributed by atoms with Crippen molar-refractivity contribution < 1.29 is 13.2 Å². The Bertz CT molecular complexity index is 551. The van der Waals surface area contributed by atoms with Crippen LogP contribution in [-0.4, -0.2) is 42.3 Å². The lowest BCUT2D eigenvalue weighted by atomic mass is 10.3. The predicted molar refractivity (Wildman–Crippen MR) is 76.8 cm³/mol. The number of carbonyl (C=O) groups excluding carboxylic acids is 1. The second kappa shape index (κ2) is 6.35. The number of aromatic nitrogens is 1. The van der Waals surface area contributed by atoms with Gasteiger partial charge in [0.05, 0.1) is 5.25 Å². The largest absolute Gasteiger partial charge is 0.340 e. The fraction of sp³-hybridized carbons (Fsp3) is 0.571. The molecular formula is C14H20N2O3S. The van der Waals surface area contributed by atoms with Gasteiger partial charge in [-0.1, -0.05) is 18.9 Å². The molecule has 0 aromatic carbocycles. The molecule has 0 radical (unpaired) electrons. The number of pyridine rings is 1. The normalized spacial score (nSPS) is 16.2. The van der Waals surface area contributed by atoms with E-state index >= 15 is 0 Å². The minimum Gasteiger partial charge on any atom is -0.340 e. The molecule has 0 unspecified atom stereocenters. The van der Waals surface area contributed by atoms with Crippen molar-refractivity contribution in [1.29, 1.82) is 0 Å². The molecule has 1 fully saturated rings. The molecule has 1 amide bonds. The van der Waals surface area contributed by atoms with E-state index in [-0.39, 0.29) is 16.9 Å². The van der Waals surface area contributed by atoms with Gasteiger partial charge in [0, 0.05) is 26.0 Å². The van der Waals surface area contributed by atoms with Crippen LogP contribution in [0.2, 0.25) is 0 Å². The van der Waals surface area contributed by atoms with Crippen LogP contribution < -0.4 is 0 Å². The Balaban J connectivity index is 1.94. The van der Waals surface area contributed by atoms with Crippen molar-refractivity contribution in [2.24, 2.45) is 0 Å². The summed E-state index contributed by atoms with van der Waals surface area (Å²) in [6.07, 6.45) is 6.63. The third kappa shape index (κ3) is 3.79. The summed E-state index contributed by atoms with van der Waals surface area (Å²) in [4.78, 5) is 17.5. The van der Waals surface area contributed by atoms with Gasteiger partial charge in [-0.2, -0.15) is 0 Å². The molecule has 0 spiro atoms. The molecule has 1 aromatic heterocycles. The Kier molecular flexibility index (Phi) is 4.75. The highest BCUT2D eigenvalue weighted by molar-refractivity contribution is 7.92. The van der Waals surface area contributed by atoms with Crippen LogP contribution in [0.15, 0.2) is 24.5 Å². The van der Waals surface area contributed by atoms with Gasteiger partial charge in [-0.15, -0.1) is 0 Å². The van der Waals surface area contributed by atoms with Crippen LogP contribution in [0.5, 0.6) is 0 Å². The van der Waals surface area contributed by atoms with Crippen LogP contribution in [0.1, 0.15) is 31.2 Å². The van der Waals surface area contributed by atoms with Gasteiger partial charge in [0.2, 0.25) is 5.91 Å². The molecule has 2 rings (SSSR count). The highest BCUT2D eigenvalue weighted by Crippen LogP contribution is 2.25. The van der Waals surface area contributed by atoms with Crippen molar-refractivity contribution in [2.75, 3.05) is 12.8 Å². The maximum absolute atomic E-state index is 12.1. The quantitative estimate of drug-likeness (QED) is 0.823. The minimum atomic E-state index is -3.30. The van der Waals surface area contributed by atoms with Crippen LogP contribution in [0.3, 0.4) is 0 Å². The van der Waals surface area contributed by atoms with E-state index in [2.05, 4.69) is 4.98 Å². The summed E-state index contributed by atoms with van der Waals surface area (Å²) in [6, 6.07) is 3.66. The monoisotopic (exact) mass is 296 g/mol. The molecule has 1 aromatic rings. The van der Waals surface area contributed by atoms with Gasteiger partial charge in [0.1, 0.15) is 5.75 Å². The highest BCUT2D eigenvalue weighted by atomic mass is 32.2. The summed E-state index contributed by atoms with van der Waals surface area (Å²) in [5.41, 5.74) is 0.890. The van der Waals surface area contributed by atoms with E-state index in [4.69, 9.17) is 0 Å². The molecule has 5 nitrogen and oxygen atoms in total. The Labute approximate surface area is 119 Å². The lowest BCUT2D eigenvalue weighted by Gasteiger charge is -2.18. The molecule has 0 saturated heterocycles. The lowest BCUT2D eigenvalue weighted by Crippen LogP contribution is -2.35. The van der Waals surface area contributed by atoms with Crippen molar-refractivity contribution >= 4 is 15.7 Å². The molecule has 0 atom stereocenters. The number of amides is 1. The smallest absolute Gasteiger partial charge is 0.237 e. The van der Waals surface area contributed by atoms with Crippen LogP contribution in [-0.2, 0) is 21.2 Å². The lowest BCUT2D eigenvalue weighted by molar-refractivity contribution is -0.127. The average molecular weight is 296 g/mol. The fourth-order valence-electron chi connectivity index (χ4n) is 2.50. The maximum Gasteiger partial charge on any atom is 0.237 e. The van der Waals surface area contributed by atoms with Crippen LogP contribution in [0, 0.1) is 0 Å². The van der Waals surface area contributed by atoms with Gasteiger partial charge in [-0.25, -0.2) is 8.42 Å². The first-order valence-electron chi connectivity index (χ1n) is 6.83. The molecule has 6 heteroatoms. The van der Waals surface area contributed by atoms with Crippen molar-refractivity contribution in [1.82, 2.24) is 9.88 Å². The zero-order valence-electron chi connectivity index (χ0n) is 11.7. The predicted octanol–water partition coefficient (Wildman–Crippen LogP) is 1.40. The third-order valence-corrected chi connectivity index (χ3v) is 5.84. The first-order chi connectivity index (χ1) is 9.49. The summed E-state index contributed by atoms with van der Waals surface area (Å²) in [7, 11) is -1.68. The van der Waals surface area contributed by atoms with Gasteiger partial charge in [-0.05, 0) is 24.5 Å². The van der Waals surface area contributed by atoms with Gasteiger partial charge < -0.3 is 4.90 Å². The summed E-state index contributed by atoms with van der Waals surface area (Å²) in [5.74, 6) is -0.727. The maximum atomic E-state index is 12.1. The number of sulfone groups is 1. The molecule has 0 N–H and O–H groups in total. The van der Waals surface area contributed by atoms with E-state index in [0.717, 1.165) is 18.4 Å². The first kappa shape index (κ1) is 15.0. The number of nitrogens with zero attached hydrogens (tertiary/aromatic N) is 2. The van der Waals surface area contributed by atoms with Gasteiger partial charge in [0.25, 0.3) is 0 Å². The van der Waals surface area contributed by atoms with Crippen molar-refractivity contribution in [3.05, 3.63) is 30.1 Å². The topological polar surface area (TPSA) is 67.3 Å². The summed E-state index contributed by atoms with van der Waals surface area (Å²) < 4.78 is 24.3. The molecule has 1 heterocycles. The Morgan fingerprint density at radius 1 is 1.40 bits per heavy atom. The molecule has 20 heavy (non-hydrogen) atoms. The van der Waals surface area contributed by atoms with Crippen LogP contribution >= 0.6 is 0 Å². The van der Waals surface area contributed by atoms with Crippen molar-refractivity contribution in [2.45, 2.75) is 37.5 Å². The second-order valence-corrected chi connectivity index (χ2v) is 7.61. The summed E-state index contributed by atoms with van der Waals surface area (Å²) >= 11 is 0. The van der Waals surface area contributed by atoms with Gasteiger partial charge >= 0.3 is 0 Å². The first-order valence-corrected chi connectivity index (χ1v) is 8.55. The van der Waals surface area contributed by atoms with Crippen LogP contribution in [0.25, 0.3) is 0 Å². The molecule has 0 bridgehead atoms. The van der Waals surface area contributed by atoms with Crippen LogP contribution in [0.4, 0.5) is 0 Å². The summed E-state index contributed by atoms with van der Waals surface area (Å²) in [6.45, 7) is 0.382. The fourth-order valence-corrected chi connectivity index (χ4v) is 4.35. The molecule has 1 aliphatic carbocycles. The van der Waals surface area contributed by atoms with E-state index in [1.807, 2.05) is 6.07 Å². The van der Waals surface area contributed by atoms with E-state index in [1.54, 1.807) is 25.5 Å². The van der Waals surface area contributed by atoms with Crippen molar-refractivity contribution in [3.63, 3.8) is 0 Å². The van der Waals surface area contributed by atoms with Gasteiger partial charge in [0.15, 0.2) is 9.84 Å². The number of hydrogen-bond donors (Lipinski definition) is 0. The zero-order valence-corrected chi connectivity index (χ0v) is 12.5. The van der Waals surface area contributed by atoms with Crippen molar-refractivity contribution in [3.8, 4) is 0 Å². The Morgan fingerprint density at radius 2 is 2.10 bits per heavy atom. The summed E-state index contributed by atoms with van der Waals surface area (Å²) in [5, 5.41) is -0.321.